The maximum Gasteiger partial charge on any atom is 0.418 e. The number of rotatable bonds is 3. The predicted molar refractivity (Wildman–Crippen MR) is 196 cm³/mol. The van der Waals surface area contributed by atoms with Gasteiger partial charge in [-0.05, 0) is 73.2 Å². The van der Waals surface area contributed by atoms with E-state index in [4.69, 9.17) is 6.57 Å². The van der Waals surface area contributed by atoms with Crippen LogP contribution in [0, 0.1) is 34.3 Å². The second-order valence-corrected chi connectivity index (χ2v) is 13.3. The minimum Gasteiger partial charge on any atom is -0.307 e. The quantitative estimate of drug-likeness (QED) is 0.129. The van der Waals surface area contributed by atoms with E-state index in [1.54, 1.807) is 9.13 Å². The third-order valence-electron chi connectivity index (χ3n) is 10.0. The monoisotopic (exact) mass is 701 g/mol. The summed E-state index contributed by atoms with van der Waals surface area (Å²) in [7, 11) is 0. The molecule has 0 fully saturated rings. The number of fused-ring (bicyclic) bond motifs is 6. The zero-order chi connectivity index (χ0) is 36.9. The molecular formula is C43H29F6N3. The number of hydrogen-bond donors (Lipinski definition) is 0. The van der Waals surface area contributed by atoms with Crippen LogP contribution in [0.25, 0.3) is 71.0 Å². The van der Waals surface area contributed by atoms with E-state index in [0.717, 1.165) is 62.0 Å². The van der Waals surface area contributed by atoms with Crippen molar-refractivity contribution in [3.05, 3.63) is 148 Å². The Hall–Kier alpha value is -6.01. The van der Waals surface area contributed by atoms with Crippen LogP contribution in [-0.4, -0.2) is 9.13 Å². The van der Waals surface area contributed by atoms with Crippen LogP contribution in [0.5, 0.6) is 0 Å². The standard InChI is InChI=1S/C43H29F6N3/c1-23-11-6-15-28-29-16-7-12-24(2)38(29)51(37(23)28)35-22-27(36-32(42(44,45)46)19-10-20-34(36)50-5)21-33(43(47,48)49)41(35)52-39-25(3)13-8-17-30(39)31-18-9-14-26(4)40(31)52/h6-22H,1-4H3. The molecule has 2 heterocycles. The van der Waals surface area contributed by atoms with Crippen molar-refractivity contribution in [3.63, 3.8) is 0 Å². The molecule has 8 rings (SSSR count). The highest BCUT2D eigenvalue weighted by Gasteiger charge is 2.40. The zero-order valence-corrected chi connectivity index (χ0v) is 28.4. The molecule has 2 aromatic heterocycles. The highest BCUT2D eigenvalue weighted by atomic mass is 19.4. The van der Waals surface area contributed by atoms with E-state index in [9.17, 15) is 13.2 Å². The van der Waals surface area contributed by atoms with Crippen LogP contribution in [0.2, 0.25) is 0 Å². The summed E-state index contributed by atoms with van der Waals surface area (Å²) in [6, 6.07) is 27.7. The first-order valence-corrected chi connectivity index (χ1v) is 16.5. The molecule has 0 amide bonds. The molecule has 3 nitrogen and oxygen atoms in total. The molecule has 6 aromatic carbocycles. The number of benzene rings is 6. The fourth-order valence-electron chi connectivity index (χ4n) is 7.94. The Kier molecular flexibility index (Phi) is 7.33. The Balaban J connectivity index is 1.71. The zero-order valence-electron chi connectivity index (χ0n) is 28.4. The van der Waals surface area contributed by atoms with E-state index in [1.807, 2.05) is 100 Å². The lowest BCUT2D eigenvalue weighted by Crippen LogP contribution is -2.16. The van der Waals surface area contributed by atoms with Gasteiger partial charge in [0, 0.05) is 21.5 Å². The summed E-state index contributed by atoms with van der Waals surface area (Å²) in [5.74, 6) is 0. The molecule has 0 spiro atoms. The van der Waals surface area contributed by atoms with Gasteiger partial charge in [-0.1, -0.05) is 91.0 Å². The van der Waals surface area contributed by atoms with Crippen LogP contribution in [-0.2, 0) is 12.4 Å². The molecule has 0 N–H and O–H groups in total. The lowest BCUT2D eigenvalue weighted by atomic mass is 9.93. The Labute approximate surface area is 294 Å². The number of aryl methyl sites for hydroxylation is 4. The molecule has 0 aliphatic heterocycles. The summed E-state index contributed by atoms with van der Waals surface area (Å²) in [5, 5.41) is 3.06. The summed E-state index contributed by atoms with van der Waals surface area (Å²) in [6.07, 6.45) is -9.99. The van der Waals surface area contributed by atoms with Crippen molar-refractivity contribution >= 4 is 49.3 Å². The van der Waals surface area contributed by atoms with Gasteiger partial charge >= 0.3 is 12.4 Å². The van der Waals surface area contributed by atoms with Crippen molar-refractivity contribution in [2.24, 2.45) is 0 Å². The van der Waals surface area contributed by atoms with E-state index >= 15 is 13.2 Å². The smallest absolute Gasteiger partial charge is 0.307 e. The first kappa shape index (κ1) is 33.2. The highest BCUT2D eigenvalue weighted by molar-refractivity contribution is 6.14. The SMILES string of the molecule is [C-]#[N+]c1cccc(C(F)(F)F)c1-c1cc(-n2c3c(C)cccc3c3cccc(C)c32)c(-n2c3c(C)cccc3c3cccc(C)c32)c(C(F)(F)F)c1. The third-order valence-corrected chi connectivity index (χ3v) is 10.0. The fraction of sp³-hybridized carbons (Fsp3) is 0.140. The Morgan fingerprint density at radius 1 is 0.500 bits per heavy atom. The van der Waals surface area contributed by atoms with Crippen molar-refractivity contribution in [1.29, 1.82) is 0 Å². The Morgan fingerprint density at radius 2 is 0.904 bits per heavy atom. The number of nitrogens with zero attached hydrogens (tertiary/aromatic N) is 3. The van der Waals surface area contributed by atoms with Crippen molar-refractivity contribution in [2.45, 2.75) is 40.0 Å². The molecule has 0 unspecified atom stereocenters. The van der Waals surface area contributed by atoms with Crippen molar-refractivity contribution in [1.82, 2.24) is 9.13 Å². The minimum atomic E-state index is -5.04. The van der Waals surface area contributed by atoms with Crippen molar-refractivity contribution < 1.29 is 26.3 Å². The maximum absolute atomic E-state index is 16.0. The van der Waals surface area contributed by atoms with Crippen LogP contribution in [0.4, 0.5) is 32.0 Å². The van der Waals surface area contributed by atoms with Gasteiger partial charge in [-0.3, -0.25) is 0 Å². The van der Waals surface area contributed by atoms with E-state index in [0.29, 0.717) is 22.1 Å². The van der Waals surface area contributed by atoms with Gasteiger partial charge < -0.3 is 9.13 Å². The molecule has 0 radical (unpaired) electrons. The summed E-state index contributed by atoms with van der Waals surface area (Å²) >= 11 is 0. The highest BCUT2D eigenvalue weighted by Crippen LogP contribution is 2.50. The molecule has 0 aliphatic carbocycles. The van der Waals surface area contributed by atoms with Gasteiger partial charge in [-0.25, -0.2) is 4.85 Å². The molecule has 258 valence electrons. The number of alkyl halides is 6. The van der Waals surface area contributed by atoms with Gasteiger partial charge in [0.1, 0.15) is 0 Å². The van der Waals surface area contributed by atoms with Gasteiger partial charge in [0.25, 0.3) is 0 Å². The normalized spacial score (nSPS) is 12.4. The molecule has 8 aromatic rings. The fourth-order valence-corrected chi connectivity index (χ4v) is 7.94. The van der Waals surface area contributed by atoms with Crippen molar-refractivity contribution in [3.8, 4) is 22.5 Å². The first-order chi connectivity index (χ1) is 24.7. The number of aromatic nitrogens is 2. The van der Waals surface area contributed by atoms with E-state index in [-0.39, 0.29) is 16.9 Å². The molecule has 0 saturated heterocycles. The molecule has 0 bridgehead atoms. The molecule has 0 saturated carbocycles. The van der Waals surface area contributed by atoms with Gasteiger partial charge in [0.2, 0.25) is 0 Å². The minimum absolute atomic E-state index is 0.0339. The van der Waals surface area contributed by atoms with Gasteiger partial charge in [-0.2, -0.15) is 26.3 Å². The first-order valence-electron chi connectivity index (χ1n) is 16.5. The second-order valence-electron chi connectivity index (χ2n) is 13.3. The topological polar surface area (TPSA) is 14.2 Å². The van der Waals surface area contributed by atoms with E-state index < -0.39 is 34.7 Å². The molecule has 52 heavy (non-hydrogen) atoms. The molecule has 9 heteroatoms. The second kappa shape index (κ2) is 11.5. The van der Waals surface area contributed by atoms with Gasteiger partial charge in [-0.15, -0.1) is 0 Å². The average molecular weight is 702 g/mol. The number of halogens is 6. The Morgan fingerprint density at radius 3 is 1.31 bits per heavy atom. The number of para-hydroxylation sites is 4. The van der Waals surface area contributed by atoms with E-state index in [1.165, 1.54) is 12.1 Å². The largest absolute Gasteiger partial charge is 0.418 e. The van der Waals surface area contributed by atoms with Gasteiger partial charge in [0.15, 0.2) is 5.69 Å². The predicted octanol–water partition coefficient (Wildman–Crippen LogP) is 13.4. The molecule has 0 aliphatic rings. The lowest BCUT2D eigenvalue weighted by Gasteiger charge is -2.25. The van der Waals surface area contributed by atoms with Crippen LogP contribution >= 0.6 is 0 Å². The summed E-state index contributed by atoms with van der Waals surface area (Å²) in [5.41, 5.74) is 1.47. The Bertz CT molecular complexity index is 2710. The van der Waals surface area contributed by atoms with Crippen LogP contribution < -0.4 is 0 Å². The van der Waals surface area contributed by atoms with Crippen molar-refractivity contribution in [2.75, 3.05) is 0 Å². The summed E-state index contributed by atoms with van der Waals surface area (Å²) < 4.78 is 95.3. The van der Waals surface area contributed by atoms with E-state index in [2.05, 4.69) is 4.85 Å². The lowest BCUT2D eigenvalue weighted by molar-refractivity contribution is -0.137. The molecular weight excluding hydrogens is 672 g/mol. The van der Waals surface area contributed by atoms with Gasteiger partial charge in [0.05, 0.1) is 51.1 Å². The third kappa shape index (κ3) is 4.81. The average Bonchev–Trinajstić information content (AvgIpc) is 3.63. The van der Waals surface area contributed by atoms with Crippen LogP contribution in [0.1, 0.15) is 33.4 Å². The summed E-state index contributed by atoms with van der Waals surface area (Å²) in [4.78, 5) is 3.37. The summed E-state index contributed by atoms with van der Waals surface area (Å²) in [6.45, 7) is 15.2. The van der Waals surface area contributed by atoms with Crippen LogP contribution in [0.15, 0.2) is 103 Å². The van der Waals surface area contributed by atoms with Crippen LogP contribution in [0.3, 0.4) is 0 Å². The molecule has 0 atom stereocenters. The maximum atomic E-state index is 16.0. The number of hydrogen-bond acceptors (Lipinski definition) is 0.